The molecule has 0 amide bonds. The van der Waals surface area contributed by atoms with Crippen molar-refractivity contribution in [3.8, 4) is 17.1 Å². The van der Waals surface area contributed by atoms with Gasteiger partial charge in [0.2, 0.25) is 0 Å². The summed E-state index contributed by atoms with van der Waals surface area (Å²) in [7, 11) is 0. The summed E-state index contributed by atoms with van der Waals surface area (Å²) in [5, 5.41) is 10.0. The van der Waals surface area contributed by atoms with Crippen molar-refractivity contribution in [2.24, 2.45) is 0 Å². The van der Waals surface area contributed by atoms with Gasteiger partial charge >= 0.3 is 6.18 Å². The van der Waals surface area contributed by atoms with Gasteiger partial charge in [0.1, 0.15) is 0 Å². The number of rotatable bonds is 5. The van der Waals surface area contributed by atoms with E-state index in [9.17, 15) is 13.2 Å². The number of alkyl halides is 3. The van der Waals surface area contributed by atoms with Crippen LogP contribution in [0.3, 0.4) is 0 Å². The number of benzene rings is 3. The highest BCUT2D eigenvalue weighted by Gasteiger charge is 2.33. The Bertz CT molecular complexity index is 1270. The highest BCUT2D eigenvalue weighted by molar-refractivity contribution is 7.98. The molecule has 10 heteroatoms. The molecular formula is C22H13Cl3F3N3S. The molecule has 0 saturated carbocycles. The Labute approximate surface area is 201 Å². The van der Waals surface area contributed by atoms with E-state index in [4.69, 9.17) is 34.8 Å². The zero-order valence-electron chi connectivity index (χ0n) is 16.1. The first kappa shape index (κ1) is 23.0. The average molecular weight is 515 g/mol. The smallest absolute Gasteiger partial charge is 0.270 e. The third-order valence-electron chi connectivity index (χ3n) is 4.59. The lowest BCUT2D eigenvalue weighted by Crippen LogP contribution is -2.08. The van der Waals surface area contributed by atoms with Crippen molar-refractivity contribution in [2.45, 2.75) is 17.1 Å². The molecule has 0 aliphatic rings. The van der Waals surface area contributed by atoms with E-state index in [1.807, 2.05) is 6.07 Å². The second-order valence-electron chi connectivity index (χ2n) is 6.66. The molecule has 0 aliphatic carbocycles. The van der Waals surface area contributed by atoms with Crippen LogP contribution in [0.25, 0.3) is 17.1 Å². The van der Waals surface area contributed by atoms with Crippen LogP contribution in [0.2, 0.25) is 15.1 Å². The lowest BCUT2D eigenvalue weighted by molar-refractivity contribution is -0.138. The summed E-state index contributed by atoms with van der Waals surface area (Å²) >= 11 is 19.8. The molecule has 4 aromatic rings. The van der Waals surface area contributed by atoms with Gasteiger partial charge in [0.25, 0.3) is 0 Å². The predicted octanol–water partition coefficient (Wildman–Crippen LogP) is 8.21. The zero-order valence-corrected chi connectivity index (χ0v) is 19.2. The van der Waals surface area contributed by atoms with Crippen LogP contribution in [-0.2, 0) is 11.9 Å². The molecule has 0 N–H and O–H groups in total. The predicted molar refractivity (Wildman–Crippen MR) is 123 cm³/mol. The zero-order chi connectivity index (χ0) is 22.9. The molecule has 164 valence electrons. The molecule has 32 heavy (non-hydrogen) atoms. The second-order valence-corrected chi connectivity index (χ2v) is 8.83. The Hall–Kier alpha value is -2.19. The normalized spacial score (nSPS) is 11.7. The first-order valence-corrected chi connectivity index (χ1v) is 11.3. The van der Waals surface area contributed by atoms with Gasteiger partial charge in [0, 0.05) is 11.3 Å². The van der Waals surface area contributed by atoms with Crippen LogP contribution < -0.4 is 0 Å². The van der Waals surface area contributed by atoms with Crippen molar-refractivity contribution in [3.05, 3.63) is 92.9 Å². The van der Waals surface area contributed by atoms with E-state index in [0.29, 0.717) is 37.3 Å². The van der Waals surface area contributed by atoms with Gasteiger partial charge in [-0.3, -0.25) is 4.57 Å². The molecule has 3 nitrogen and oxygen atoms in total. The van der Waals surface area contributed by atoms with E-state index >= 15 is 0 Å². The first-order chi connectivity index (χ1) is 15.3. The van der Waals surface area contributed by atoms with Crippen LogP contribution >= 0.6 is 46.6 Å². The van der Waals surface area contributed by atoms with Crippen LogP contribution in [0.1, 0.15) is 11.1 Å². The molecule has 1 aromatic heterocycles. The maximum atomic E-state index is 13.4. The van der Waals surface area contributed by atoms with Gasteiger partial charge in [-0.25, -0.2) is 0 Å². The minimum atomic E-state index is -4.45. The molecular weight excluding hydrogens is 502 g/mol. The monoisotopic (exact) mass is 513 g/mol. The van der Waals surface area contributed by atoms with Gasteiger partial charge in [0.15, 0.2) is 11.0 Å². The van der Waals surface area contributed by atoms with Gasteiger partial charge < -0.3 is 0 Å². The highest BCUT2D eigenvalue weighted by Crippen LogP contribution is 2.37. The van der Waals surface area contributed by atoms with Crippen molar-refractivity contribution in [3.63, 3.8) is 0 Å². The summed E-state index contributed by atoms with van der Waals surface area (Å²) < 4.78 is 41.9. The van der Waals surface area contributed by atoms with E-state index in [-0.39, 0.29) is 11.3 Å². The summed E-state index contributed by atoms with van der Waals surface area (Å²) in [5.74, 6) is 0.470. The molecule has 0 atom stereocenters. The Kier molecular flexibility index (Phi) is 6.72. The minimum absolute atomic E-state index is 0.0393. The number of hydrogen-bond acceptors (Lipinski definition) is 3. The average Bonchev–Trinajstić information content (AvgIpc) is 3.18. The fourth-order valence-corrected chi connectivity index (χ4v) is 4.57. The molecule has 1 heterocycles. The van der Waals surface area contributed by atoms with E-state index in [1.165, 1.54) is 12.1 Å². The van der Waals surface area contributed by atoms with Crippen molar-refractivity contribution in [1.29, 1.82) is 0 Å². The maximum absolute atomic E-state index is 13.4. The SMILES string of the molecule is FC(F)(F)c1ccccc1CSc1nnc(-c2ccccc2Cl)n1-c1ccc(Cl)c(Cl)c1. The van der Waals surface area contributed by atoms with E-state index in [0.717, 1.165) is 17.8 Å². The van der Waals surface area contributed by atoms with Crippen LogP contribution in [0.4, 0.5) is 13.2 Å². The fraction of sp³-hybridized carbons (Fsp3) is 0.0909. The van der Waals surface area contributed by atoms with E-state index < -0.39 is 11.7 Å². The summed E-state index contributed by atoms with van der Waals surface area (Å²) in [5.41, 5.74) is 0.689. The largest absolute Gasteiger partial charge is 0.416 e. The van der Waals surface area contributed by atoms with Crippen molar-refractivity contribution >= 4 is 46.6 Å². The molecule has 0 saturated heterocycles. The van der Waals surface area contributed by atoms with Crippen molar-refractivity contribution < 1.29 is 13.2 Å². The minimum Gasteiger partial charge on any atom is -0.270 e. The molecule has 3 aromatic carbocycles. The Morgan fingerprint density at radius 2 is 1.53 bits per heavy atom. The first-order valence-electron chi connectivity index (χ1n) is 9.19. The Morgan fingerprint density at radius 1 is 0.812 bits per heavy atom. The molecule has 0 spiro atoms. The maximum Gasteiger partial charge on any atom is 0.416 e. The number of nitrogens with zero attached hydrogens (tertiary/aromatic N) is 3. The lowest BCUT2D eigenvalue weighted by Gasteiger charge is -2.14. The quantitative estimate of drug-likeness (QED) is 0.251. The fourth-order valence-electron chi connectivity index (χ4n) is 3.10. The van der Waals surface area contributed by atoms with Crippen molar-refractivity contribution in [1.82, 2.24) is 14.8 Å². The van der Waals surface area contributed by atoms with Gasteiger partial charge in [-0.1, -0.05) is 76.9 Å². The van der Waals surface area contributed by atoms with E-state index in [2.05, 4.69) is 10.2 Å². The van der Waals surface area contributed by atoms with Crippen LogP contribution in [0, 0.1) is 0 Å². The van der Waals surface area contributed by atoms with Gasteiger partial charge in [-0.05, 0) is 42.0 Å². The van der Waals surface area contributed by atoms with Crippen LogP contribution in [0.15, 0.2) is 71.9 Å². The Balaban J connectivity index is 1.78. The number of thioether (sulfide) groups is 1. The topological polar surface area (TPSA) is 30.7 Å². The van der Waals surface area contributed by atoms with Crippen LogP contribution in [0.5, 0.6) is 0 Å². The van der Waals surface area contributed by atoms with Crippen molar-refractivity contribution in [2.75, 3.05) is 0 Å². The molecule has 0 aliphatic heterocycles. The summed E-state index contributed by atoms with van der Waals surface area (Å²) in [6, 6.07) is 17.5. The lowest BCUT2D eigenvalue weighted by atomic mass is 10.1. The summed E-state index contributed by atoms with van der Waals surface area (Å²) in [6.45, 7) is 0. The molecule has 0 unspecified atom stereocenters. The number of aromatic nitrogens is 3. The Morgan fingerprint density at radius 3 is 2.25 bits per heavy atom. The standard InChI is InChI=1S/C22H13Cl3F3N3S/c23-17-8-4-2-6-15(17)20-29-30-21(31(20)14-9-10-18(24)19(25)11-14)32-12-13-5-1-3-7-16(13)22(26,27)28/h1-11H,12H2. The number of halogens is 6. The molecule has 0 bridgehead atoms. The number of hydrogen-bond donors (Lipinski definition) is 0. The molecule has 0 radical (unpaired) electrons. The molecule has 0 fully saturated rings. The highest BCUT2D eigenvalue weighted by atomic mass is 35.5. The van der Waals surface area contributed by atoms with Gasteiger partial charge in [-0.15, -0.1) is 10.2 Å². The van der Waals surface area contributed by atoms with Gasteiger partial charge in [-0.2, -0.15) is 13.2 Å². The third-order valence-corrected chi connectivity index (χ3v) is 6.64. The van der Waals surface area contributed by atoms with Crippen LogP contribution in [-0.4, -0.2) is 14.8 Å². The van der Waals surface area contributed by atoms with Gasteiger partial charge in [0.05, 0.1) is 26.3 Å². The molecule has 4 rings (SSSR count). The summed E-state index contributed by atoms with van der Waals surface area (Å²) in [4.78, 5) is 0. The van der Waals surface area contributed by atoms with E-state index in [1.54, 1.807) is 47.0 Å². The second kappa shape index (κ2) is 9.35. The third kappa shape index (κ3) is 4.76. The summed E-state index contributed by atoms with van der Waals surface area (Å²) in [6.07, 6.45) is -4.45.